The van der Waals surface area contributed by atoms with Crippen LogP contribution in [0.5, 0.6) is 5.88 Å². The molecule has 1 amide bonds. The van der Waals surface area contributed by atoms with Crippen LogP contribution in [-0.4, -0.2) is 49.4 Å². The minimum absolute atomic E-state index is 0.00881. The molecule has 38 heavy (non-hydrogen) atoms. The lowest BCUT2D eigenvalue weighted by Gasteiger charge is -2.59. The maximum Gasteiger partial charge on any atom is 0.266 e. The second kappa shape index (κ2) is 9.21. The first-order valence-electron chi connectivity index (χ1n) is 12.5. The van der Waals surface area contributed by atoms with E-state index in [1.807, 2.05) is 37.8 Å². The van der Waals surface area contributed by atoms with E-state index in [9.17, 15) is 9.18 Å². The lowest BCUT2D eigenvalue weighted by Crippen LogP contribution is -2.71. The van der Waals surface area contributed by atoms with Gasteiger partial charge in [-0.05, 0) is 62.7 Å². The van der Waals surface area contributed by atoms with Crippen molar-refractivity contribution in [1.82, 2.24) is 24.8 Å². The first-order valence-corrected chi connectivity index (χ1v) is 13.3. The fourth-order valence-corrected chi connectivity index (χ4v) is 5.89. The van der Waals surface area contributed by atoms with Crippen molar-refractivity contribution in [3.63, 3.8) is 0 Å². The lowest BCUT2D eigenvalue weighted by molar-refractivity contribution is -0.119. The molecule has 0 spiro atoms. The van der Waals surface area contributed by atoms with E-state index in [1.54, 1.807) is 30.6 Å². The molecule has 0 radical (unpaired) electrons. The summed E-state index contributed by atoms with van der Waals surface area (Å²) in [7, 11) is 0. The van der Waals surface area contributed by atoms with Crippen LogP contribution in [0, 0.1) is 18.7 Å². The second-order valence-electron chi connectivity index (χ2n) is 10.4. The topological polar surface area (TPSA) is 107 Å². The highest BCUT2D eigenvalue weighted by Crippen LogP contribution is 2.45. The molecule has 6 rings (SSSR count). The largest absolute Gasteiger partial charge is 0.474 e. The molecule has 8 nitrogen and oxygen atoms in total. The van der Waals surface area contributed by atoms with Crippen molar-refractivity contribution in [2.75, 3.05) is 6.54 Å². The lowest BCUT2D eigenvalue weighted by atomic mass is 9.68. The molecular formula is C28H27FN6O2S. The van der Waals surface area contributed by atoms with Crippen LogP contribution < -0.4 is 10.5 Å². The van der Waals surface area contributed by atoms with E-state index in [1.165, 1.54) is 23.5 Å². The smallest absolute Gasteiger partial charge is 0.266 e. The van der Waals surface area contributed by atoms with Gasteiger partial charge >= 0.3 is 0 Å². The van der Waals surface area contributed by atoms with Gasteiger partial charge < -0.3 is 15.4 Å². The summed E-state index contributed by atoms with van der Waals surface area (Å²) in [4.78, 5) is 33.5. The molecule has 0 bridgehead atoms. The predicted molar refractivity (Wildman–Crippen MR) is 142 cm³/mol. The van der Waals surface area contributed by atoms with Gasteiger partial charge in [-0.2, -0.15) is 0 Å². The number of fused-ring (bicyclic) bond motifs is 1. The summed E-state index contributed by atoms with van der Waals surface area (Å²) in [5.41, 5.74) is 8.82. The summed E-state index contributed by atoms with van der Waals surface area (Å²) < 4.78 is 19.8. The number of halogens is 1. The standard InChI is InChI=1S/C28H27FN6O2S/c1-15-24(38-26(33-15)25-31-9-4-10-32-25)27(36)35-14-19-21(35)13-22(19)37-23-12-17(28(2,3)30)11-20(34-23)16-5-7-18(29)8-6-16/h4-12,19,21-22H,13-14,30H2,1-3H3/t19-,21-,22-/m1/s1. The van der Waals surface area contributed by atoms with Crippen molar-refractivity contribution in [1.29, 1.82) is 0 Å². The van der Waals surface area contributed by atoms with Gasteiger partial charge in [-0.3, -0.25) is 4.79 Å². The Morgan fingerprint density at radius 1 is 1.16 bits per heavy atom. The zero-order valence-corrected chi connectivity index (χ0v) is 22.1. The molecule has 0 unspecified atom stereocenters. The van der Waals surface area contributed by atoms with Crippen LogP contribution in [0.2, 0.25) is 0 Å². The van der Waals surface area contributed by atoms with Crippen LogP contribution in [0.1, 0.15) is 41.2 Å². The minimum Gasteiger partial charge on any atom is -0.474 e. The number of nitrogens with two attached hydrogens (primary N) is 1. The number of rotatable bonds is 6. The summed E-state index contributed by atoms with van der Waals surface area (Å²) >= 11 is 1.33. The fraction of sp³-hybridized carbons (Fsp3) is 0.321. The molecule has 4 heterocycles. The van der Waals surface area contributed by atoms with E-state index in [0.29, 0.717) is 39.5 Å². The third kappa shape index (κ3) is 4.43. The number of nitrogens with zero attached hydrogens (tertiary/aromatic N) is 5. The number of aromatic nitrogens is 4. The van der Waals surface area contributed by atoms with E-state index < -0.39 is 5.54 Å². The monoisotopic (exact) mass is 530 g/mol. The Hall–Kier alpha value is -3.76. The third-order valence-corrected chi connectivity index (χ3v) is 8.36. The highest BCUT2D eigenvalue weighted by molar-refractivity contribution is 7.17. The summed E-state index contributed by atoms with van der Waals surface area (Å²) in [5.74, 6) is 0.941. The van der Waals surface area contributed by atoms with Gasteiger partial charge in [0, 0.05) is 54.5 Å². The maximum absolute atomic E-state index is 13.5. The number of pyridine rings is 1. The fourth-order valence-electron chi connectivity index (χ4n) is 4.92. The number of thiazole rings is 1. The zero-order valence-electron chi connectivity index (χ0n) is 21.3. The predicted octanol–water partition coefficient (Wildman–Crippen LogP) is 4.60. The molecule has 1 aromatic carbocycles. The van der Waals surface area contributed by atoms with Gasteiger partial charge in [0.15, 0.2) is 10.8 Å². The number of carbonyl (C=O) groups excluding carboxylic acids is 1. The Morgan fingerprint density at radius 3 is 2.55 bits per heavy atom. The molecule has 4 aromatic rings. The van der Waals surface area contributed by atoms with Crippen molar-refractivity contribution < 1.29 is 13.9 Å². The number of piperidine rings is 1. The number of hydrogen-bond donors (Lipinski definition) is 1. The number of carbonyl (C=O) groups is 1. The van der Waals surface area contributed by atoms with Crippen molar-refractivity contribution in [2.24, 2.45) is 11.7 Å². The van der Waals surface area contributed by atoms with Gasteiger partial charge in [0.05, 0.1) is 11.4 Å². The summed E-state index contributed by atoms with van der Waals surface area (Å²) in [6.07, 6.45) is 4.02. The molecule has 10 heteroatoms. The Labute approximate surface area is 223 Å². The van der Waals surface area contributed by atoms with Crippen molar-refractivity contribution in [3.8, 4) is 28.0 Å². The first kappa shape index (κ1) is 24.6. The Morgan fingerprint density at radius 2 is 1.89 bits per heavy atom. The number of benzene rings is 1. The van der Waals surface area contributed by atoms with E-state index >= 15 is 0 Å². The van der Waals surface area contributed by atoms with E-state index in [4.69, 9.17) is 15.5 Å². The highest BCUT2D eigenvalue weighted by atomic mass is 32.1. The van der Waals surface area contributed by atoms with Gasteiger partial charge in [0.25, 0.3) is 5.91 Å². The molecule has 1 aliphatic carbocycles. The molecule has 2 fully saturated rings. The second-order valence-corrected chi connectivity index (χ2v) is 11.4. The summed E-state index contributed by atoms with van der Waals surface area (Å²) in [6, 6.07) is 11.9. The highest BCUT2D eigenvalue weighted by Gasteiger charge is 2.56. The van der Waals surface area contributed by atoms with Gasteiger partial charge in [-0.15, -0.1) is 11.3 Å². The molecule has 1 saturated carbocycles. The van der Waals surface area contributed by atoms with Gasteiger partial charge in [0.1, 0.15) is 16.8 Å². The van der Waals surface area contributed by atoms with Crippen LogP contribution in [0.4, 0.5) is 4.39 Å². The molecule has 3 aromatic heterocycles. The molecule has 1 aliphatic heterocycles. The van der Waals surface area contributed by atoms with Crippen LogP contribution in [-0.2, 0) is 5.54 Å². The van der Waals surface area contributed by atoms with Gasteiger partial charge in [0.2, 0.25) is 5.88 Å². The molecule has 2 N–H and O–H groups in total. The SMILES string of the molecule is Cc1nc(-c2ncccn2)sc1C(=O)N1C[C@@H]2[C@H]1C[C@H]2Oc1cc(C(C)(C)N)cc(-c2ccc(F)cc2)n1. The van der Waals surface area contributed by atoms with Crippen molar-refractivity contribution in [3.05, 3.63) is 76.8 Å². The summed E-state index contributed by atoms with van der Waals surface area (Å²) in [5, 5.41) is 0.643. The number of aryl methyl sites for hydroxylation is 1. The third-order valence-electron chi connectivity index (χ3n) is 7.22. The molecule has 2 aliphatic rings. The molecule has 194 valence electrons. The number of likely N-dealkylation sites (tertiary alicyclic amines) is 1. The van der Waals surface area contributed by atoms with Crippen LogP contribution in [0.3, 0.4) is 0 Å². The Balaban J connectivity index is 1.16. The Bertz CT molecular complexity index is 1500. The number of amides is 1. The normalized spacial score (nSPS) is 20.3. The van der Waals surface area contributed by atoms with E-state index in [-0.39, 0.29) is 29.8 Å². The molecular weight excluding hydrogens is 503 g/mol. The average molecular weight is 531 g/mol. The summed E-state index contributed by atoms with van der Waals surface area (Å²) in [6.45, 7) is 6.31. The Kier molecular flexibility index (Phi) is 5.96. The average Bonchev–Trinajstić information content (AvgIpc) is 3.28. The molecule has 3 atom stereocenters. The van der Waals surface area contributed by atoms with Crippen LogP contribution in [0.15, 0.2) is 54.9 Å². The first-order chi connectivity index (χ1) is 18.2. The van der Waals surface area contributed by atoms with Gasteiger partial charge in [-0.1, -0.05) is 0 Å². The van der Waals surface area contributed by atoms with Gasteiger partial charge in [-0.25, -0.2) is 24.3 Å². The van der Waals surface area contributed by atoms with E-state index in [0.717, 1.165) is 17.5 Å². The molecule has 1 saturated heterocycles. The van der Waals surface area contributed by atoms with Crippen LogP contribution >= 0.6 is 11.3 Å². The van der Waals surface area contributed by atoms with Crippen LogP contribution in [0.25, 0.3) is 22.1 Å². The zero-order chi connectivity index (χ0) is 26.6. The number of hydrogen-bond acceptors (Lipinski definition) is 8. The van der Waals surface area contributed by atoms with Crippen molar-refractivity contribution >= 4 is 17.2 Å². The quantitative estimate of drug-likeness (QED) is 0.388. The van der Waals surface area contributed by atoms with E-state index in [2.05, 4.69) is 15.0 Å². The number of ether oxygens (including phenoxy) is 1. The minimum atomic E-state index is -0.603. The maximum atomic E-state index is 13.5. The van der Waals surface area contributed by atoms with Crippen molar-refractivity contribution in [2.45, 2.75) is 44.9 Å².